The van der Waals surface area contributed by atoms with E-state index in [1.807, 2.05) is 52.5 Å². The number of rotatable bonds is 2. The Balaban J connectivity index is 1.82. The molecule has 0 atom stereocenters. The quantitative estimate of drug-likeness (QED) is 0.402. The van der Waals surface area contributed by atoms with Crippen molar-refractivity contribution in [3.8, 4) is 17.3 Å². The van der Waals surface area contributed by atoms with Crippen LogP contribution >= 0.6 is 0 Å². The molecule has 1 aromatic carbocycles. The Labute approximate surface area is 137 Å². The number of nitrogens with one attached hydrogen (secondary N) is 1. The molecule has 24 heavy (non-hydrogen) atoms. The second-order valence-electron chi connectivity index (χ2n) is 5.92. The molecule has 6 nitrogen and oxygen atoms in total. The molecule has 5 aromatic rings. The topological polar surface area (TPSA) is 55.6 Å². The van der Waals surface area contributed by atoms with Gasteiger partial charge in [0.05, 0.1) is 23.8 Å². The van der Waals surface area contributed by atoms with E-state index in [9.17, 15) is 0 Å². The van der Waals surface area contributed by atoms with Gasteiger partial charge in [-0.05, 0) is 0 Å². The van der Waals surface area contributed by atoms with Gasteiger partial charge in [-0.25, -0.2) is 4.98 Å². The van der Waals surface area contributed by atoms with E-state index in [-0.39, 0.29) is 0 Å². The fourth-order valence-electron chi connectivity index (χ4n) is 3.19. The predicted molar refractivity (Wildman–Crippen MR) is 89.6 cm³/mol. The monoisotopic (exact) mass is 317 g/mol. The van der Waals surface area contributed by atoms with E-state index in [4.69, 9.17) is 4.42 Å². The van der Waals surface area contributed by atoms with E-state index in [2.05, 4.69) is 28.4 Å². The minimum Gasteiger partial charge on any atom is -0.458 e. The second-order valence-corrected chi connectivity index (χ2v) is 5.92. The number of nitrogens with zero attached hydrogens (tertiary/aromatic N) is 4. The highest BCUT2D eigenvalue weighted by molar-refractivity contribution is 6.12. The van der Waals surface area contributed by atoms with Crippen LogP contribution in [0.15, 0.2) is 53.7 Å². The van der Waals surface area contributed by atoms with Crippen LogP contribution in [0.1, 0.15) is 0 Å². The molecule has 0 amide bonds. The first kappa shape index (κ1) is 13.2. The zero-order chi connectivity index (χ0) is 16.3. The lowest BCUT2D eigenvalue weighted by atomic mass is 10.2. The van der Waals surface area contributed by atoms with Crippen molar-refractivity contribution in [3.63, 3.8) is 0 Å². The van der Waals surface area contributed by atoms with E-state index in [1.54, 1.807) is 12.5 Å². The van der Waals surface area contributed by atoms with Crippen LogP contribution in [0.3, 0.4) is 0 Å². The van der Waals surface area contributed by atoms with Crippen molar-refractivity contribution < 1.29 is 8.98 Å². The van der Waals surface area contributed by atoms with Crippen LogP contribution in [0.25, 0.3) is 39.1 Å². The van der Waals surface area contributed by atoms with Crippen LogP contribution in [0.5, 0.6) is 0 Å². The Kier molecular flexibility index (Phi) is 2.53. The summed E-state index contributed by atoms with van der Waals surface area (Å²) in [5.41, 5.74) is 3.07. The number of hydrogen-bond donors (Lipinski definition) is 1. The maximum absolute atomic E-state index is 5.80. The maximum atomic E-state index is 5.80. The van der Waals surface area contributed by atoms with Crippen LogP contribution in [0, 0.1) is 6.33 Å². The third kappa shape index (κ3) is 1.70. The van der Waals surface area contributed by atoms with Crippen molar-refractivity contribution in [3.05, 3.63) is 55.6 Å². The summed E-state index contributed by atoms with van der Waals surface area (Å²) < 4.78 is 11.6. The normalized spacial score (nSPS) is 11.8. The zero-order valence-electron chi connectivity index (χ0n) is 13.3. The van der Waals surface area contributed by atoms with Crippen molar-refractivity contribution in [1.29, 1.82) is 0 Å². The highest BCUT2D eigenvalue weighted by Crippen LogP contribution is 2.35. The van der Waals surface area contributed by atoms with Gasteiger partial charge in [-0.1, -0.05) is 18.2 Å². The van der Waals surface area contributed by atoms with Crippen LogP contribution in [-0.2, 0) is 14.1 Å². The summed E-state index contributed by atoms with van der Waals surface area (Å²) in [6, 6.07) is 6.22. The summed E-state index contributed by atoms with van der Waals surface area (Å²) in [7, 11) is 3.92. The Morgan fingerprint density at radius 2 is 2.12 bits per heavy atom. The number of aryl methyl sites for hydroxylation is 2. The van der Waals surface area contributed by atoms with E-state index < -0.39 is 0 Å². The summed E-state index contributed by atoms with van der Waals surface area (Å²) in [4.78, 5) is 7.92. The molecule has 0 saturated heterocycles. The first-order valence-corrected chi connectivity index (χ1v) is 7.68. The van der Waals surface area contributed by atoms with Gasteiger partial charge in [0, 0.05) is 42.6 Å². The number of para-hydroxylation sites is 1. The van der Waals surface area contributed by atoms with Gasteiger partial charge < -0.3 is 23.1 Å². The van der Waals surface area contributed by atoms with Gasteiger partial charge in [0.15, 0.2) is 11.6 Å². The highest BCUT2D eigenvalue weighted by Gasteiger charge is 2.18. The highest BCUT2D eigenvalue weighted by atomic mass is 16.3. The summed E-state index contributed by atoms with van der Waals surface area (Å²) in [5, 5.41) is 2.18. The Hall–Kier alpha value is -3.28. The molecular formula is C18H15N5O. The van der Waals surface area contributed by atoms with Crippen molar-refractivity contribution in [2.24, 2.45) is 14.1 Å². The van der Waals surface area contributed by atoms with E-state index >= 15 is 0 Å². The van der Waals surface area contributed by atoms with Crippen molar-refractivity contribution in [2.45, 2.75) is 0 Å². The number of hydrogen-bond acceptors (Lipinski definition) is 2. The number of furan rings is 1. The third-order valence-electron chi connectivity index (χ3n) is 4.36. The molecule has 0 aliphatic heterocycles. The molecular weight excluding hydrogens is 302 g/mol. The Morgan fingerprint density at radius 3 is 2.88 bits per heavy atom. The van der Waals surface area contributed by atoms with Gasteiger partial charge >= 0.3 is 0 Å². The molecule has 6 heteroatoms. The molecule has 0 aliphatic rings. The Bertz CT molecular complexity index is 1190. The number of fused-ring (bicyclic) bond motifs is 3. The first-order valence-electron chi connectivity index (χ1n) is 7.68. The maximum Gasteiger partial charge on any atom is 0.243 e. The molecule has 0 saturated carbocycles. The van der Waals surface area contributed by atoms with Crippen molar-refractivity contribution in [1.82, 2.24) is 19.1 Å². The summed E-state index contributed by atoms with van der Waals surface area (Å²) in [6.45, 7) is 0. The smallest absolute Gasteiger partial charge is 0.243 e. The SMILES string of the molecule is Cn1ccnc1-c1occ2c1[nH]c1c(-n3[c-][n+](C)cc3)cccc12. The van der Waals surface area contributed by atoms with Crippen LogP contribution in [-0.4, -0.2) is 19.1 Å². The molecule has 0 bridgehead atoms. The standard InChI is InChI=1S/C18H15N5O/c1-21-8-9-23(11-21)14-5-3-4-12-13-10-24-17(16(13)20-15(12)14)18-19-6-7-22(18)2/h3-10,20H,1-2H3. The van der Waals surface area contributed by atoms with Crippen LogP contribution in [0.4, 0.5) is 0 Å². The zero-order valence-corrected chi connectivity index (χ0v) is 13.3. The number of benzene rings is 1. The second kappa shape index (κ2) is 4.61. The number of aromatic nitrogens is 5. The molecule has 4 heterocycles. The summed E-state index contributed by atoms with van der Waals surface area (Å²) in [5.74, 6) is 1.55. The van der Waals surface area contributed by atoms with E-state index in [0.29, 0.717) is 0 Å². The molecule has 0 radical (unpaired) electrons. The molecule has 0 aliphatic carbocycles. The minimum atomic E-state index is 0.752. The van der Waals surface area contributed by atoms with Gasteiger partial charge in [-0.2, -0.15) is 0 Å². The average Bonchev–Trinajstić information content (AvgIpc) is 3.31. The number of aromatic amines is 1. The van der Waals surface area contributed by atoms with Gasteiger partial charge in [-0.3, -0.25) is 0 Å². The van der Waals surface area contributed by atoms with Crippen molar-refractivity contribution >= 4 is 21.8 Å². The third-order valence-corrected chi connectivity index (χ3v) is 4.36. The Morgan fingerprint density at radius 1 is 1.21 bits per heavy atom. The van der Waals surface area contributed by atoms with Gasteiger partial charge in [0.2, 0.25) is 6.33 Å². The molecule has 118 valence electrons. The molecule has 0 unspecified atom stereocenters. The largest absolute Gasteiger partial charge is 0.458 e. The van der Waals surface area contributed by atoms with Gasteiger partial charge in [0.1, 0.15) is 6.26 Å². The molecule has 1 N–H and O–H groups in total. The van der Waals surface area contributed by atoms with Crippen molar-refractivity contribution in [2.75, 3.05) is 0 Å². The first-order chi connectivity index (χ1) is 11.7. The van der Waals surface area contributed by atoms with Gasteiger partial charge in [0.25, 0.3) is 0 Å². The van der Waals surface area contributed by atoms with E-state index in [0.717, 1.165) is 39.1 Å². The fraction of sp³-hybridized carbons (Fsp3) is 0.111. The average molecular weight is 317 g/mol. The van der Waals surface area contributed by atoms with E-state index in [1.165, 1.54) is 0 Å². The molecule has 0 spiro atoms. The van der Waals surface area contributed by atoms with Crippen LogP contribution in [0.2, 0.25) is 0 Å². The number of imidazole rings is 2. The lowest BCUT2D eigenvalue weighted by Gasteiger charge is -2.04. The molecule has 0 fully saturated rings. The van der Waals surface area contributed by atoms with Crippen LogP contribution < -0.4 is 4.57 Å². The fourth-order valence-corrected chi connectivity index (χ4v) is 3.19. The molecule has 4 aromatic heterocycles. The molecule has 5 rings (SSSR count). The lowest BCUT2D eigenvalue weighted by Crippen LogP contribution is -2.24. The summed E-state index contributed by atoms with van der Waals surface area (Å²) in [6.07, 6.45) is 12.7. The number of H-pyrrole nitrogens is 1. The minimum absolute atomic E-state index is 0.752. The predicted octanol–water partition coefficient (Wildman–Crippen LogP) is 2.73. The van der Waals surface area contributed by atoms with Gasteiger partial charge in [-0.15, -0.1) is 0 Å². The lowest BCUT2D eigenvalue weighted by molar-refractivity contribution is -0.674. The summed E-state index contributed by atoms with van der Waals surface area (Å²) >= 11 is 0.